The number of likely N-dealkylation sites (tertiary alicyclic amines) is 1. The maximum absolute atomic E-state index is 12.7. The van der Waals surface area contributed by atoms with Crippen LogP contribution in [0.3, 0.4) is 0 Å². The van der Waals surface area contributed by atoms with E-state index in [0.717, 1.165) is 12.8 Å². The van der Waals surface area contributed by atoms with Gasteiger partial charge in [0.15, 0.2) is 17.3 Å². The Morgan fingerprint density at radius 1 is 1.04 bits per heavy atom. The van der Waals surface area contributed by atoms with Gasteiger partial charge >= 0.3 is 0 Å². The molecule has 0 unspecified atom stereocenters. The Hall–Kier alpha value is -3.23. The molecule has 2 N–H and O–H groups in total. The smallest absolute Gasteiger partial charge is 0.292 e. The van der Waals surface area contributed by atoms with Crippen molar-refractivity contribution in [3.63, 3.8) is 0 Å². The number of hydrogen-bond acceptors (Lipinski definition) is 6. The molecule has 2 fully saturated rings. The van der Waals surface area contributed by atoms with Gasteiger partial charge in [-0.25, -0.2) is 9.97 Å². The van der Waals surface area contributed by atoms with Gasteiger partial charge in [-0.2, -0.15) is 0 Å². The van der Waals surface area contributed by atoms with E-state index in [4.69, 9.17) is 4.42 Å². The fourth-order valence-electron chi connectivity index (χ4n) is 3.26. The van der Waals surface area contributed by atoms with Crippen LogP contribution in [0.4, 0.5) is 5.82 Å². The molecule has 2 aromatic rings. The number of furan rings is 1. The first-order chi connectivity index (χ1) is 13.6. The minimum atomic E-state index is -0.508. The molecule has 2 aromatic heterocycles. The van der Waals surface area contributed by atoms with Gasteiger partial charge in [-0.1, -0.05) is 0 Å². The first-order valence-electron chi connectivity index (χ1n) is 9.37. The summed E-state index contributed by atoms with van der Waals surface area (Å²) in [5.41, 5.74) is 0.0406. The molecule has 9 nitrogen and oxygen atoms in total. The SMILES string of the molecule is O=C(Nc1nccnc1C(=O)NC1CCN(C(=O)C2CC2)CC1)c1ccco1. The van der Waals surface area contributed by atoms with Crippen LogP contribution in [0.2, 0.25) is 0 Å². The highest BCUT2D eigenvalue weighted by atomic mass is 16.3. The van der Waals surface area contributed by atoms with Crippen molar-refractivity contribution in [2.45, 2.75) is 31.7 Å². The molecule has 1 saturated carbocycles. The first kappa shape index (κ1) is 18.1. The number of anilines is 1. The van der Waals surface area contributed by atoms with Crippen LogP contribution in [0, 0.1) is 5.92 Å². The Balaban J connectivity index is 1.36. The zero-order valence-corrected chi connectivity index (χ0v) is 15.3. The van der Waals surface area contributed by atoms with Crippen LogP contribution in [-0.4, -0.2) is 51.7 Å². The van der Waals surface area contributed by atoms with Crippen molar-refractivity contribution in [1.29, 1.82) is 0 Å². The molecular weight excluding hydrogens is 362 g/mol. The number of nitrogens with one attached hydrogen (secondary N) is 2. The standard InChI is InChI=1S/C19H21N5O4/c25-17(14-2-1-11-28-14)23-16-15(20-7-8-21-16)18(26)22-13-5-9-24(10-6-13)19(27)12-3-4-12/h1-2,7-8,11-13H,3-6,9-10H2,(H,22,26)(H,21,23,25). The number of rotatable bonds is 5. The molecule has 146 valence electrons. The average Bonchev–Trinajstić information content (AvgIpc) is 3.41. The second-order valence-electron chi connectivity index (χ2n) is 7.03. The van der Waals surface area contributed by atoms with Crippen LogP contribution in [0.25, 0.3) is 0 Å². The van der Waals surface area contributed by atoms with Gasteiger partial charge in [-0.05, 0) is 37.8 Å². The Morgan fingerprint density at radius 2 is 1.79 bits per heavy atom. The molecule has 1 aliphatic carbocycles. The molecule has 1 saturated heterocycles. The third-order valence-electron chi connectivity index (χ3n) is 4.96. The van der Waals surface area contributed by atoms with Crippen LogP contribution >= 0.6 is 0 Å². The van der Waals surface area contributed by atoms with Crippen molar-refractivity contribution < 1.29 is 18.8 Å². The Kier molecular flexibility index (Phi) is 5.05. The number of nitrogens with zero attached hydrogens (tertiary/aromatic N) is 3. The van der Waals surface area contributed by atoms with Crippen LogP contribution in [0.1, 0.15) is 46.7 Å². The number of carbonyl (C=O) groups excluding carboxylic acids is 3. The van der Waals surface area contributed by atoms with E-state index in [-0.39, 0.29) is 35.1 Å². The fraction of sp³-hybridized carbons (Fsp3) is 0.421. The Morgan fingerprint density at radius 3 is 2.46 bits per heavy atom. The predicted molar refractivity (Wildman–Crippen MR) is 98.5 cm³/mol. The molecule has 2 aliphatic rings. The minimum Gasteiger partial charge on any atom is -0.459 e. The maximum Gasteiger partial charge on any atom is 0.292 e. The second kappa shape index (κ2) is 7.79. The van der Waals surface area contributed by atoms with Gasteiger partial charge in [-0.3, -0.25) is 14.4 Å². The lowest BCUT2D eigenvalue weighted by Crippen LogP contribution is -2.47. The molecule has 9 heteroatoms. The van der Waals surface area contributed by atoms with E-state index in [1.807, 2.05) is 4.90 Å². The van der Waals surface area contributed by atoms with Crippen LogP contribution in [0.5, 0.6) is 0 Å². The maximum atomic E-state index is 12.7. The lowest BCUT2D eigenvalue weighted by Gasteiger charge is -2.32. The Bertz CT molecular complexity index is 870. The monoisotopic (exact) mass is 383 g/mol. The number of piperidine rings is 1. The van der Waals surface area contributed by atoms with E-state index in [9.17, 15) is 14.4 Å². The lowest BCUT2D eigenvalue weighted by molar-refractivity contribution is -0.133. The molecule has 3 heterocycles. The van der Waals surface area contributed by atoms with Gasteiger partial charge in [0.25, 0.3) is 11.8 Å². The molecule has 0 atom stereocenters. The number of hydrogen-bond donors (Lipinski definition) is 2. The van der Waals surface area contributed by atoms with Gasteiger partial charge in [0.2, 0.25) is 5.91 Å². The number of carbonyl (C=O) groups is 3. The highest BCUT2D eigenvalue weighted by Gasteiger charge is 2.35. The second-order valence-corrected chi connectivity index (χ2v) is 7.03. The highest BCUT2D eigenvalue weighted by Crippen LogP contribution is 2.31. The van der Waals surface area contributed by atoms with Gasteiger partial charge < -0.3 is 20.0 Å². The van der Waals surface area contributed by atoms with E-state index < -0.39 is 11.8 Å². The van der Waals surface area contributed by atoms with Crippen molar-refractivity contribution in [3.05, 3.63) is 42.2 Å². The number of aromatic nitrogens is 2. The largest absolute Gasteiger partial charge is 0.459 e. The van der Waals surface area contributed by atoms with Gasteiger partial charge in [0.05, 0.1) is 6.26 Å². The van der Waals surface area contributed by atoms with Crippen LogP contribution < -0.4 is 10.6 Å². The number of amides is 3. The van der Waals surface area contributed by atoms with Crippen LogP contribution in [-0.2, 0) is 4.79 Å². The van der Waals surface area contributed by atoms with E-state index in [0.29, 0.717) is 25.9 Å². The Labute approximate surface area is 161 Å². The van der Waals surface area contributed by atoms with Gasteiger partial charge in [0.1, 0.15) is 0 Å². The van der Waals surface area contributed by atoms with Crippen LogP contribution in [0.15, 0.2) is 35.2 Å². The summed E-state index contributed by atoms with van der Waals surface area (Å²) in [5.74, 6) is -0.276. The summed E-state index contributed by atoms with van der Waals surface area (Å²) in [5, 5.41) is 5.49. The summed E-state index contributed by atoms with van der Waals surface area (Å²) in [6.07, 6.45) is 7.56. The molecule has 28 heavy (non-hydrogen) atoms. The van der Waals surface area contributed by atoms with E-state index in [2.05, 4.69) is 20.6 Å². The summed E-state index contributed by atoms with van der Waals surface area (Å²) in [7, 11) is 0. The fourth-order valence-corrected chi connectivity index (χ4v) is 3.26. The summed E-state index contributed by atoms with van der Waals surface area (Å²) in [6, 6.07) is 3.06. The summed E-state index contributed by atoms with van der Waals surface area (Å²) in [6.45, 7) is 1.28. The molecule has 0 spiro atoms. The molecule has 0 bridgehead atoms. The molecule has 1 aliphatic heterocycles. The minimum absolute atomic E-state index is 0.0406. The van der Waals surface area contributed by atoms with Gasteiger partial charge in [0, 0.05) is 37.4 Å². The van der Waals surface area contributed by atoms with E-state index in [1.54, 1.807) is 6.07 Å². The highest BCUT2D eigenvalue weighted by molar-refractivity contribution is 6.06. The van der Waals surface area contributed by atoms with Crippen molar-refractivity contribution in [3.8, 4) is 0 Å². The third kappa shape index (κ3) is 4.03. The zero-order valence-electron chi connectivity index (χ0n) is 15.3. The lowest BCUT2D eigenvalue weighted by atomic mass is 10.0. The van der Waals surface area contributed by atoms with Gasteiger partial charge in [-0.15, -0.1) is 0 Å². The topological polar surface area (TPSA) is 117 Å². The molecule has 0 radical (unpaired) electrons. The average molecular weight is 383 g/mol. The molecular formula is C19H21N5O4. The van der Waals surface area contributed by atoms with Crippen molar-refractivity contribution >= 4 is 23.5 Å². The summed E-state index contributed by atoms with van der Waals surface area (Å²) < 4.78 is 5.05. The quantitative estimate of drug-likeness (QED) is 0.807. The molecule has 3 amide bonds. The molecule has 0 aromatic carbocycles. The summed E-state index contributed by atoms with van der Waals surface area (Å²) in [4.78, 5) is 47.0. The van der Waals surface area contributed by atoms with E-state index in [1.165, 1.54) is 24.7 Å². The van der Waals surface area contributed by atoms with Crippen molar-refractivity contribution in [1.82, 2.24) is 20.2 Å². The third-order valence-corrected chi connectivity index (χ3v) is 4.96. The summed E-state index contributed by atoms with van der Waals surface area (Å²) >= 11 is 0. The van der Waals surface area contributed by atoms with E-state index >= 15 is 0 Å². The van der Waals surface area contributed by atoms with Crippen molar-refractivity contribution in [2.24, 2.45) is 5.92 Å². The zero-order chi connectivity index (χ0) is 19.5. The first-order valence-corrected chi connectivity index (χ1v) is 9.37. The molecule has 4 rings (SSSR count). The predicted octanol–water partition coefficient (Wildman–Crippen LogP) is 1.45. The normalized spacial score (nSPS) is 17.2. The van der Waals surface area contributed by atoms with Crippen molar-refractivity contribution in [2.75, 3.05) is 18.4 Å².